The van der Waals surface area contributed by atoms with Crippen LogP contribution in [-0.2, 0) is 34.6 Å². The molecule has 0 bridgehead atoms. The lowest BCUT2D eigenvalue weighted by Crippen LogP contribution is -2.27. The van der Waals surface area contributed by atoms with Crippen LogP contribution in [0.2, 0.25) is 0 Å². The van der Waals surface area contributed by atoms with Gasteiger partial charge in [-0.25, -0.2) is 17.8 Å². The van der Waals surface area contributed by atoms with Crippen LogP contribution in [0, 0.1) is 0 Å². The summed E-state index contributed by atoms with van der Waals surface area (Å²) in [6.45, 7) is -0.556. The number of alkyl halides is 3. The maximum absolute atomic E-state index is 13.4. The molecule has 1 aromatic carbocycles. The number of hydrogen-bond acceptors (Lipinski definition) is 7. The smallest absolute Gasteiger partial charge is 0.380 e. The molecule has 148 valence electrons. The third-order valence-electron chi connectivity index (χ3n) is 3.48. The van der Waals surface area contributed by atoms with Gasteiger partial charge in [0.1, 0.15) is 4.90 Å². The van der Waals surface area contributed by atoms with Crippen molar-refractivity contribution in [3.63, 3.8) is 0 Å². The van der Waals surface area contributed by atoms with E-state index in [2.05, 4.69) is 20.8 Å². The Balaban J connectivity index is 2.70. The molecule has 27 heavy (non-hydrogen) atoms. The molecule has 2 aromatic rings. The van der Waals surface area contributed by atoms with Crippen LogP contribution in [-0.4, -0.2) is 48.7 Å². The van der Waals surface area contributed by atoms with Crippen molar-refractivity contribution in [2.75, 3.05) is 19.5 Å². The number of halogens is 3. The second kappa shape index (κ2) is 7.58. The van der Waals surface area contributed by atoms with Crippen molar-refractivity contribution in [3.05, 3.63) is 28.8 Å². The Labute approximate surface area is 151 Å². The predicted molar refractivity (Wildman–Crippen MR) is 85.2 cm³/mol. The fraction of sp³-hybridized carbons (Fsp3) is 0.385. The number of amides is 1. The Morgan fingerprint density at radius 1 is 1.33 bits per heavy atom. The van der Waals surface area contributed by atoms with Gasteiger partial charge in [0, 0.05) is 25.3 Å². The van der Waals surface area contributed by atoms with Gasteiger partial charge in [-0.05, 0) is 29.6 Å². The molecule has 0 radical (unpaired) electrons. The molecule has 0 aliphatic rings. The molecule has 0 unspecified atom stereocenters. The number of aryl methyl sites for hydroxylation is 1. The zero-order chi connectivity index (χ0) is 20.4. The Morgan fingerprint density at radius 3 is 2.48 bits per heavy atom. The highest BCUT2D eigenvalue weighted by atomic mass is 32.2. The third kappa shape index (κ3) is 4.23. The van der Waals surface area contributed by atoms with E-state index in [1.165, 1.54) is 7.05 Å². The number of carbonyl (C=O) groups is 1. The first-order chi connectivity index (χ1) is 12.5. The Kier molecular flexibility index (Phi) is 5.82. The van der Waals surface area contributed by atoms with E-state index in [0.29, 0.717) is 6.07 Å². The van der Waals surface area contributed by atoms with Gasteiger partial charge in [-0.15, -0.1) is 0 Å². The van der Waals surface area contributed by atoms with Crippen molar-refractivity contribution >= 4 is 21.9 Å². The van der Waals surface area contributed by atoms with Gasteiger partial charge in [-0.2, -0.15) is 13.2 Å². The molecule has 2 rings (SSSR count). The van der Waals surface area contributed by atoms with Gasteiger partial charge >= 0.3 is 6.18 Å². The molecule has 0 aliphatic heterocycles. The lowest BCUT2D eigenvalue weighted by Gasteiger charge is -2.19. The second-order valence-electron chi connectivity index (χ2n) is 5.19. The average molecular weight is 408 g/mol. The van der Waals surface area contributed by atoms with Crippen LogP contribution >= 0.6 is 0 Å². The number of carbonyl (C=O) groups excluding carboxylic acids is 1. The fourth-order valence-corrected chi connectivity index (χ4v) is 3.44. The maximum Gasteiger partial charge on any atom is 0.417 e. The van der Waals surface area contributed by atoms with Crippen molar-refractivity contribution in [2.45, 2.75) is 17.7 Å². The number of anilines is 1. The number of nitrogens with zero attached hydrogens (tertiary/aromatic N) is 4. The van der Waals surface area contributed by atoms with Gasteiger partial charge in [0.2, 0.25) is 16.0 Å². The monoisotopic (exact) mass is 408 g/mol. The minimum atomic E-state index is -4.97. The summed E-state index contributed by atoms with van der Waals surface area (Å²) in [6.07, 6.45) is -4.97. The van der Waals surface area contributed by atoms with Crippen molar-refractivity contribution in [1.82, 2.24) is 24.9 Å². The van der Waals surface area contributed by atoms with Gasteiger partial charge in [0.15, 0.2) is 0 Å². The molecule has 0 saturated carbocycles. The van der Waals surface area contributed by atoms with Gasteiger partial charge in [0.25, 0.3) is 5.91 Å². The molecular formula is C13H15F3N6O4S. The normalized spacial score (nSPS) is 12.2. The Morgan fingerprint density at radius 2 is 2.00 bits per heavy atom. The number of benzene rings is 1. The van der Waals surface area contributed by atoms with E-state index >= 15 is 0 Å². The minimum absolute atomic E-state index is 0.0821. The Bertz CT molecular complexity index is 957. The zero-order valence-corrected chi connectivity index (χ0v) is 15.1. The van der Waals surface area contributed by atoms with Gasteiger partial charge < -0.3 is 4.74 Å². The molecule has 0 fully saturated rings. The molecule has 14 heteroatoms. The topological polar surface area (TPSA) is 128 Å². The van der Waals surface area contributed by atoms with Gasteiger partial charge in [0.05, 0.1) is 12.2 Å². The number of rotatable bonds is 6. The lowest BCUT2D eigenvalue weighted by molar-refractivity contribution is -0.140. The molecule has 0 saturated heterocycles. The number of ether oxygens (including phenoxy) is 1. The van der Waals surface area contributed by atoms with E-state index < -0.39 is 44.7 Å². The maximum atomic E-state index is 13.4. The summed E-state index contributed by atoms with van der Waals surface area (Å²) in [5.74, 6) is -0.984. The van der Waals surface area contributed by atoms with Crippen LogP contribution < -0.4 is 10.0 Å². The number of methoxy groups -OCH3 is 1. The van der Waals surface area contributed by atoms with E-state index in [4.69, 9.17) is 4.74 Å². The summed E-state index contributed by atoms with van der Waals surface area (Å²) in [4.78, 5) is 11.4. The quantitative estimate of drug-likeness (QED) is 0.714. The molecule has 0 atom stereocenters. The van der Waals surface area contributed by atoms with Crippen LogP contribution in [0.5, 0.6) is 0 Å². The minimum Gasteiger partial charge on any atom is -0.380 e. The largest absolute Gasteiger partial charge is 0.417 e. The van der Waals surface area contributed by atoms with E-state index in [-0.39, 0.29) is 11.5 Å². The summed E-state index contributed by atoms with van der Waals surface area (Å²) in [6, 6.07) is 1.39. The van der Waals surface area contributed by atoms with Crippen molar-refractivity contribution in [3.8, 4) is 0 Å². The first-order valence-corrected chi connectivity index (χ1v) is 8.70. The first-order valence-electron chi connectivity index (χ1n) is 7.22. The van der Waals surface area contributed by atoms with E-state index in [1.807, 2.05) is 4.72 Å². The van der Waals surface area contributed by atoms with E-state index in [1.54, 1.807) is 0 Å². The average Bonchev–Trinajstić information content (AvgIpc) is 2.98. The highest BCUT2D eigenvalue weighted by Gasteiger charge is 2.39. The number of aromatic nitrogens is 4. The molecule has 1 amide bonds. The highest BCUT2D eigenvalue weighted by Crippen LogP contribution is 2.37. The number of hydrogen-bond donors (Lipinski definition) is 2. The van der Waals surface area contributed by atoms with Gasteiger partial charge in [-0.3, -0.25) is 10.1 Å². The summed E-state index contributed by atoms with van der Waals surface area (Å²) >= 11 is 0. The number of nitrogens with one attached hydrogen (secondary N) is 2. The zero-order valence-electron chi connectivity index (χ0n) is 14.3. The standard InChI is InChI=1S/C13H15F3N6O4S/c1-17-27(24,25)10-8(6-26-3)7(4-5-9(10)13(14,15)16)11(23)18-12-19-20-21-22(12)2/h4-5,17H,6H2,1-3H3,(H,18,19,21,23). The molecule has 0 aliphatic carbocycles. The van der Waals surface area contributed by atoms with Crippen molar-refractivity contribution in [1.29, 1.82) is 0 Å². The SMILES string of the molecule is CNS(=O)(=O)c1c(C(F)(F)F)ccc(C(=O)Nc2nnnn2C)c1COC. The fourth-order valence-electron chi connectivity index (χ4n) is 2.26. The molecular weight excluding hydrogens is 393 g/mol. The van der Waals surface area contributed by atoms with Crippen molar-refractivity contribution < 1.29 is 31.1 Å². The molecule has 1 aromatic heterocycles. The summed E-state index contributed by atoms with van der Waals surface area (Å²) in [5.41, 5.74) is -2.20. The number of tetrazole rings is 1. The third-order valence-corrected chi connectivity index (χ3v) is 5.02. The van der Waals surface area contributed by atoms with Crippen LogP contribution in [0.1, 0.15) is 21.5 Å². The molecule has 10 nitrogen and oxygen atoms in total. The van der Waals surface area contributed by atoms with Crippen LogP contribution in [0.4, 0.5) is 19.1 Å². The van der Waals surface area contributed by atoms with E-state index in [0.717, 1.165) is 24.9 Å². The van der Waals surface area contributed by atoms with E-state index in [9.17, 15) is 26.4 Å². The lowest BCUT2D eigenvalue weighted by atomic mass is 10.0. The number of sulfonamides is 1. The first kappa shape index (κ1) is 20.7. The van der Waals surface area contributed by atoms with Crippen molar-refractivity contribution in [2.24, 2.45) is 7.05 Å². The molecule has 1 heterocycles. The predicted octanol–water partition coefficient (Wildman–Crippen LogP) is 0.536. The summed E-state index contributed by atoms with van der Waals surface area (Å²) < 4.78 is 72.4. The van der Waals surface area contributed by atoms with Gasteiger partial charge in [-0.1, -0.05) is 5.10 Å². The highest BCUT2D eigenvalue weighted by molar-refractivity contribution is 7.89. The Hall–Kier alpha value is -2.58. The summed E-state index contributed by atoms with van der Waals surface area (Å²) in [7, 11) is -1.02. The summed E-state index contributed by atoms with van der Waals surface area (Å²) in [5, 5.41) is 12.6. The molecule has 2 N–H and O–H groups in total. The van der Waals surface area contributed by atoms with Crippen LogP contribution in [0.25, 0.3) is 0 Å². The van der Waals surface area contributed by atoms with Crippen LogP contribution in [0.3, 0.4) is 0 Å². The molecule has 0 spiro atoms. The van der Waals surface area contributed by atoms with Crippen LogP contribution in [0.15, 0.2) is 17.0 Å². The second-order valence-corrected chi connectivity index (χ2v) is 7.01.